The van der Waals surface area contributed by atoms with Gasteiger partial charge in [-0.05, 0) is 0 Å². The van der Waals surface area contributed by atoms with E-state index in [1.165, 1.54) is 13.8 Å². The van der Waals surface area contributed by atoms with Gasteiger partial charge in [-0.2, -0.15) is 0 Å². The number of pyridine rings is 2. The minimum atomic E-state index is -0.0753. The fraction of sp³-hybridized carbons (Fsp3) is 0.368. The van der Waals surface area contributed by atoms with Gasteiger partial charge in [-0.3, -0.25) is 9.59 Å². The van der Waals surface area contributed by atoms with E-state index >= 15 is 0 Å². The van der Waals surface area contributed by atoms with Gasteiger partial charge < -0.3 is 15.4 Å². The highest BCUT2D eigenvalue weighted by atomic mass is 16.5. The first-order valence-corrected chi connectivity index (χ1v) is 8.64. The second-order valence-electron chi connectivity index (χ2n) is 5.98. The zero-order valence-electron chi connectivity index (χ0n) is 15.3. The fourth-order valence-electron chi connectivity index (χ4n) is 2.41. The molecule has 0 aliphatic heterocycles. The molecule has 2 amide bonds. The first-order chi connectivity index (χ1) is 12.5. The Labute approximate surface area is 153 Å². The molecule has 0 saturated heterocycles. The summed E-state index contributed by atoms with van der Waals surface area (Å²) in [6.07, 6.45) is 8.63. The molecule has 0 radical (unpaired) electrons. The van der Waals surface area contributed by atoms with E-state index in [2.05, 4.69) is 15.2 Å². The van der Waals surface area contributed by atoms with Gasteiger partial charge in [0, 0.05) is 44.5 Å². The Morgan fingerprint density at radius 1 is 0.808 bits per heavy atom. The van der Waals surface area contributed by atoms with Crippen LogP contribution in [0.2, 0.25) is 0 Å². The number of carbonyl (C=O) groups excluding carboxylic acids is 2. The lowest BCUT2D eigenvalue weighted by Crippen LogP contribution is -2.36. The summed E-state index contributed by atoms with van der Waals surface area (Å²) in [5.41, 5.74) is 1.59. The van der Waals surface area contributed by atoms with E-state index in [9.17, 15) is 9.59 Å². The molecule has 2 aromatic rings. The van der Waals surface area contributed by atoms with Crippen LogP contribution in [0.3, 0.4) is 0 Å². The van der Waals surface area contributed by atoms with Gasteiger partial charge in [0.2, 0.25) is 11.8 Å². The third-order valence-electron chi connectivity index (χ3n) is 3.62. The summed E-state index contributed by atoms with van der Waals surface area (Å²) in [6.45, 7) is 5.93. The van der Waals surface area contributed by atoms with Gasteiger partial charge in [0.1, 0.15) is 6.61 Å². The molecule has 2 N–H and O–H groups in total. The van der Waals surface area contributed by atoms with Crippen LogP contribution in [0.5, 0.6) is 0 Å². The second-order valence-corrected chi connectivity index (χ2v) is 5.98. The fourth-order valence-corrected chi connectivity index (χ4v) is 2.41. The summed E-state index contributed by atoms with van der Waals surface area (Å²) in [6, 6.07) is 7.48. The number of aryl methyl sites for hydroxylation is 1. The van der Waals surface area contributed by atoms with Crippen molar-refractivity contribution in [3.63, 3.8) is 0 Å². The average molecular weight is 358 g/mol. The standard InChI is InChI=1S/C19H24N4O3/c1-16(24)20-18-4-9-22(10-5-18)8-3-14-26-15-13-23-11-6-19(7-12-23)21-17(2)25/h4-7,9-12H,3,8,13-15H2,1-2H3/p+2. The average Bonchev–Trinajstić information content (AvgIpc) is 2.60. The molecule has 0 bridgehead atoms. The van der Waals surface area contributed by atoms with Crippen LogP contribution in [0.4, 0.5) is 11.4 Å². The second kappa shape index (κ2) is 10.2. The van der Waals surface area contributed by atoms with Gasteiger partial charge in [-0.1, -0.05) is 0 Å². The number of carbonyl (C=O) groups is 2. The van der Waals surface area contributed by atoms with Crippen molar-refractivity contribution in [3.05, 3.63) is 49.1 Å². The molecule has 2 rings (SSSR count). The third-order valence-corrected chi connectivity index (χ3v) is 3.62. The molecule has 138 valence electrons. The molecule has 0 saturated carbocycles. The maximum atomic E-state index is 11.0. The van der Waals surface area contributed by atoms with Crippen molar-refractivity contribution >= 4 is 23.2 Å². The molecule has 0 unspecified atom stereocenters. The number of hydrogen-bond acceptors (Lipinski definition) is 3. The lowest BCUT2D eigenvalue weighted by molar-refractivity contribution is -0.700. The van der Waals surface area contributed by atoms with Gasteiger partial charge in [0.25, 0.3) is 0 Å². The van der Waals surface area contributed by atoms with Crippen molar-refractivity contribution in [2.24, 2.45) is 0 Å². The molecule has 7 nitrogen and oxygen atoms in total. The van der Waals surface area contributed by atoms with Crippen molar-refractivity contribution in [2.75, 3.05) is 23.8 Å². The zero-order valence-corrected chi connectivity index (χ0v) is 15.3. The Hall–Kier alpha value is -2.80. The Bertz CT molecular complexity index is 651. The highest BCUT2D eigenvalue weighted by Gasteiger charge is 2.04. The summed E-state index contributed by atoms with van der Waals surface area (Å²) in [5, 5.41) is 5.48. The Balaban J connectivity index is 1.60. The number of amides is 2. The predicted molar refractivity (Wildman–Crippen MR) is 97.3 cm³/mol. The minimum absolute atomic E-state index is 0.0706. The SMILES string of the molecule is CC(=O)Nc1cc[n+](CCCOCC[n+]2ccc(NC(C)=O)cc2)cc1. The smallest absolute Gasteiger partial charge is 0.221 e. The van der Waals surface area contributed by atoms with Crippen molar-refractivity contribution < 1.29 is 23.5 Å². The normalized spacial score (nSPS) is 10.4. The minimum Gasteiger partial charge on any atom is -0.375 e. The Morgan fingerprint density at radius 3 is 1.73 bits per heavy atom. The first kappa shape index (κ1) is 19.5. The predicted octanol–water partition coefficient (Wildman–Crippen LogP) is 1.29. The molecule has 2 heterocycles. The van der Waals surface area contributed by atoms with Gasteiger partial charge >= 0.3 is 0 Å². The van der Waals surface area contributed by atoms with E-state index in [4.69, 9.17) is 4.74 Å². The van der Waals surface area contributed by atoms with Crippen molar-refractivity contribution in [1.82, 2.24) is 0 Å². The summed E-state index contributed by atoms with van der Waals surface area (Å²) in [7, 11) is 0. The number of hydrogen-bond donors (Lipinski definition) is 2. The summed E-state index contributed by atoms with van der Waals surface area (Å²) >= 11 is 0. The highest BCUT2D eigenvalue weighted by Crippen LogP contribution is 2.02. The first-order valence-electron chi connectivity index (χ1n) is 8.64. The van der Waals surface area contributed by atoms with Crippen LogP contribution in [0.25, 0.3) is 0 Å². The zero-order chi connectivity index (χ0) is 18.8. The van der Waals surface area contributed by atoms with E-state index in [-0.39, 0.29) is 11.8 Å². The third kappa shape index (κ3) is 7.40. The number of nitrogens with one attached hydrogen (secondary N) is 2. The van der Waals surface area contributed by atoms with Gasteiger partial charge in [0.05, 0.1) is 18.0 Å². The molecule has 0 aromatic carbocycles. The maximum Gasteiger partial charge on any atom is 0.221 e. The molecule has 0 atom stereocenters. The monoisotopic (exact) mass is 358 g/mol. The van der Waals surface area contributed by atoms with E-state index in [1.807, 2.05) is 53.6 Å². The number of anilines is 2. The molecule has 0 aliphatic carbocycles. The van der Waals surface area contributed by atoms with Crippen molar-refractivity contribution in [2.45, 2.75) is 33.4 Å². The van der Waals surface area contributed by atoms with Gasteiger partial charge in [0.15, 0.2) is 37.9 Å². The highest BCUT2D eigenvalue weighted by molar-refractivity contribution is 5.88. The van der Waals surface area contributed by atoms with Gasteiger partial charge in [-0.25, -0.2) is 9.13 Å². The van der Waals surface area contributed by atoms with Gasteiger partial charge in [-0.15, -0.1) is 0 Å². The molecule has 7 heteroatoms. The van der Waals surface area contributed by atoms with Crippen LogP contribution in [-0.4, -0.2) is 25.0 Å². The maximum absolute atomic E-state index is 11.0. The lowest BCUT2D eigenvalue weighted by Gasteiger charge is -2.03. The van der Waals surface area contributed by atoms with Crippen LogP contribution in [0.1, 0.15) is 20.3 Å². The van der Waals surface area contributed by atoms with E-state index in [0.29, 0.717) is 13.2 Å². The van der Waals surface area contributed by atoms with Crippen molar-refractivity contribution in [3.8, 4) is 0 Å². The van der Waals surface area contributed by atoms with Crippen molar-refractivity contribution in [1.29, 1.82) is 0 Å². The molecular weight excluding hydrogens is 332 g/mol. The largest absolute Gasteiger partial charge is 0.375 e. The number of aromatic nitrogens is 2. The molecule has 2 aromatic heterocycles. The molecule has 0 spiro atoms. The van der Waals surface area contributed by atoms with Crippen LogP contribution in [0.15, 0.2) is 49.1 Å². The summed E-state index contributed by atoms with van der Waals surface area (Å²) < 4.78 is 9.74. The topological polar surface area (TPSA) is 75.2 Å². The quantitative estimate of drug-likeness (QED) is 0.524. The van der Waals surface area contributed by atoms with E-state index in [1.54, 1.807) is 0 Å². The lowest BCUT2D eigenvalue weighted by atomic mass is 10.3. The Morgan fingerprint density at radius 2 is 1.27 bits per heavy atom. The van der Waals surface area contributed by atoms with Crippen LogP contribution in [-0.2, 0) is 27.4 Å². The van der Waals surface area contributed by atoms with E-state index < -0.39 is 0 Å². The number of rotatable bonds is 9. The summed E-state index contributed by atoms with van der Waals surface area (Å²) in [5.74, 6) is -0.146. The molecule has 0 aliphatic rings. The van der Waals surface area contributed by atoms with Crippen LogP contribution < -0.4 is 19.8 Å². The molecule has 26 heavy (non-hydrogen) atoms. The molecular formula is C19H26N4O3+2. The Kier molecular flexibility index (Phi) is 7.70. The van der Waals surface area contributed by atoms with Crippen LogP contribution in [0, 0.1) is 0 Å². The number of ether oxygens (including phenoxy) is 1. The summed E-state index contributed by atoms with van der Waals surface area (Å²) in [4.78, 5) is 22.0. The number of nitrogens with zero attached hydrogens (tertiary/aromatic N) is 2. The van der Waals surface area contributed by atoms with Crippen LogP contribution >= 0.6 is 0 Å². The van der Waals surface area contributed by atoms with E-state index in [0.717, 1.165) is 30.9 Å². The molecule has 0 fully saturated rings.